The number of amides is 1. The third-order valence-electron chi connectivity index (χ3n) is 4.06. The smallest absolute Gasteiger partial charge is 0.221 e. The molecule has 2 atom stereocenters. The molecule has 1 saturated heterocycles. The zero-order valence-corrected chi connectivity index (χ0v) is 11.4. The SMILES string of the molecule is CC1(c2cnccn2)CC(=O)NC1Cc1ccccc1. The van der Waals surface area contributed by atoms with Gasteiger partial charge < -0.3 is 5.32 Å². The first kappa shape index (κ1) is 12.8. The third-order valence-corrected chi connectivity index (χ3v) is 4.06. The van der Waals surface area contributed by atoms with E-state index in [4.69, 9.17) is 0 Å². The van der Waals surface area contributed by atoms with E-state index in [1.54, 1.807) is 18.6 Å². The maximum absolute atomic E-state index is 11.9. The second-order valence-corrected chi connectivity index (χ2v) is 5.49. The molecule has 1 N–H and O–H groups in total. The van der Waals surface area contributed by atoms with E-state index < -0.39 is 0 Å². The van der Waals surface area contributed by atoms with Crippen LogP contribution in [0.4, 0.5) is 0 Å². The van der Waals surface area contributed by atoms with E-state index in [1.807, 2.05) is 18.2 Å². The molecule has 2 heterocycles. The van der Waals surface area contributed by atoms with Gasteiger partial charge in [-0.2, -0.15) is 0 Å². The number of nitrogens with one attached hydrogen (secondary N) is 1. The summed E-state index contributed by atoms with van der Waals surface area (Å²) in [5.41, 5.74) is 1.79. The van der Waals surface area contributed by atoms with Crippen molar-refractivity contribution < 1.29 is 4.79 Å². The molecule has 3 rings (SSSR count). The van der Waals surface area contributed by atoms with Gasteiger partial charge in [0.15, 0.2) is 0 Å². The largest absolute Gasteiger partial charge is 0.352 e. The minimum absolute atomic E-state index is 0.0501. The summed E-state index contributed by atoms with van der Waals surface area (Å²) in [7, 11) is 0. The number of benzene rings is 1. The van der Waals surface area contributed by atoms with Crippen molar-refractivity contribution in [2.75, 3.05) is 0 Å². The highest BCUT2D eigenvalue weighted by molar-refractivity contribution is 5.81. The number of hydrogen-bond donors (Lipinski definition) is 1. The molecule has 4 nitrogen and oxygen atoms in total. The molecular weight excluding hydrogens is 250 g/mol. The van der Waals surface area contributed by atoms with Gasteiger partial charge in [0.1, 0.15) is 0 Å². The van der Waals surface area contributed by atoms with E-state index in [0.717, 1.165) is 12.1 Å². The van der Waals surface area contributed by atoms with Crippen molar-refractivity contribution in [3.8, 4) is 0 Å². The predicted octanol–water partition coefficient (Wildman–Crippen LogP) is 1.87. The Morgan fingerprint density at radius 3 is 2.80 bits per heavy atom. The van der Waals surface area contributed by atoms with E-state index >= 15 is 0 Å². The molecule has 1 fully saturated rings. The first-order chi connectivity index (χ1) is 9.68. The second-order valence-electron chi connectivity index (χ2n) is 5.49. The molecule has 0 radical (unpaired) electrons. The Labute approximate surface area is 118 Å². The molecule has 0 bridgehead atoms. The molecule has 102 valence electrons. The van der Waals surface area contributed by atoms with Crippen molar-refractivity contribution >= 4 is 5.91 Å². The summed E-state index contributed by atoms with van der Waals surface area (Å²) in [6, 6.07) is 10.3. The summed E-state index contributed by atoms with van der Waals surface area (Å²) in [4.78, 5) is 20.4. The van der Waals surface area contributed by atoms with E-state index in [0.29, 0.717) is 6.42 Å². The number of aromatic nitrogens is 2. The van der Waals surface area contributed by atoms with Gasteiger partial charge in [-0.05, 0) is 12.0 Å². The quantitative estimate of drug-likeness (QED) is 0.923. The topological polar surface area (TPSA) is 54.9 Å². The lowest BCUT2D eigenvalue weighted by Crippen LogP contribution is -2.40. The van der Waals surface area contributed by atoms with Crippen molar-refractivity contribution in [2.45, 2.75) is 31.2 Å². The molecule has 1 aromatic heterocycles. The second kappa shape index (κ2) is 5.04. The first-order valence-electron chi connectivity index (χ1n) is 6.78. The molecule has 4 heteroatoms. The summed E-state index contributed by atoms with van der Waals surface area (Å²) in [6.45, 7) is 2.09. The average molecular weight is 267 g/mol. The van der Waals surface area contributed by atoms with Crippen LogP contribution in [0.1, 0.15) is 24.6 Å². The van der Waals surface area contributed by atoms with Crippen LogP contribution in [0.2, 0.25) is 0 Å². The standard InChI is InChI=1S/C16H17N3O/c1-16(14-11-17-7-8-18-14)10-15(20)19-13(16)9-12-5-3-2-4-6-12/h2-8,11,13H,9-10H2,1H3,(H,19,20). The van der Waals surface area contributed by atoms with E-state index in [-0.39, 0.29) is 17.4 Å². The number of nitrogens with zero attached hydrogens (tertiary/aromatic N) is 2. The van der Waals surface area contributed by atoms with E-state index in [9.17, 15) is 4.79 Å². The summed E-state index contributed by atoms with van der Waals surface area (Å²) < 4.78 is 0. The fourth-order valence-electron chi connectivity index (χ4n) is 2.85. The molecule has 0 saturated carbocycles. The van der Waals surface area contributed by atoms with Gasteiger partial charge >= 0.3 is 0 Å². The average Bonchev–Trinajstić information content (AvgIpc) is 2.76. The fraction of sp³-hybridized carbons (Fsp3) is 0.312. The van der Waals surface area contributed by atoms with Crippen LogP contribution >= 0.6 is 0 Å². The van der Waals surface area contributed by atoms with Crippen molar-refractivity contribution in [2.24, 2.45) is 0 Å². The molecule has 20 heavy (non-hydrogen) atoms. The Morgan fingerprint density at radius 2 is 2.10 bits per heavy atom. The Morgan fingerprint density at radius 1 is 1.30 bits per heavy atom. The van der Waals surface area contributed by atoms with Gasteiger partial charge in [0, 0.05) is 36.5 Å². The van der Waals surface area contributed by atoms with Crippen molar-refractivity contribution in [1.29, 1.82) is 0 Å². The number of hydrogen-bond acceptors (Lipinski definition) is 3. The Balaban J connectivity index is 1.91. The third kappa shape index (κ3) is 2.29. The highest BCUT2D eigenvalue weighted by atomic mass is 16.2. The minimum atomic E-state index is -0.304. The van der Waals surface area contributed by atoms with Crippen LogP contribution in [0.3, 0.4) is 0 Å². The highest BCUT2D eigenvalue weighted by Gasteiger charge is 2.45. The van der Waals surface area contributed by atoms with Crippen LogP contribution in [-0.4, -0.2) is 21.9 Å². The molecule has 2 unspecified atom stereocenters. The maximum Gasteiger partial charge on any atom is 0.221 e. The van der Waals surface area contributed by atoms with Gasteiger partial charge in [-0.1, -0.05) is 37.3 Å². The van der Waals surface area contributed by atoms with Gasteiger partial charge in [0.05, 0.1) is 5.69 Å². The zero-order chi connectivity index (χ0) is 14.0. The van der Waals surface area contributed by atoms with E-state index in [1.165, 1.54) is 5.56 Å². The van der Waals surface area contributed by atoms with Crippen LogP contribution in [0, 0.1) is 0 Å². The molecule has 0 spiro atoms. The van der Waals surface area contributed by atoms with Gasteiger partial charge in [0.25, 0.3) is 0 Å². The molecule has 1 aliphatic heterocycles. The molecule has 1 aromatic carbocycles. The predicted molar refractivity (Wildman–Crippen MR) is 76.1 cm³/mol. The van der Waals surface area contributed by atoms with Crippen molar-refractivity contribution in [3.05, 3.63) is 60.2 Å². The van der Waals surface area contributed by atoms with Crippen molar-refractivity contribution in [1.82, 2.24) is 15.3 Å². The van der Waals surface area contributed by atoms with Crippen LogP contribution in [-0.2, 0) is 16.6 Å². The van der Waals surface area contributed by atoms with Crippen molar-refractivity contribution in [3.63, 3.8) is 0 Å². The summed E-state index contributed by atoms with van der Waals surface area (Å²) in [6.07, 6.45) is 6.37. The lowest BCUT2D eigenvalue weighted by molar-refractivity contribution is -0.119. The zero-order valence-electron chi connectivity index (χ0n) is 11.4. The molecular formula is C16H17N3O. The molecule has 1 amide bonds. The van der Waals surface area contributed by atoms with Crippen LogP contribution in [0.5, 0.6) is 0 Å². The Hall–Kier alpha value is -2.23. The monoisotopic (exact) mass is 267 g/mol. The lowest BCUT2D eigenvalue weighted by Gasteiger charge is -2.29. The number of carbonyl (C=O) groups excluding carboxylic acids is 1. The Bertz CT molecular complexity index is 600. The fourth-order valence-corrected chi connectivity index (χ4v) is 2.85. The normalized spacial score (nSPS) is 25.4. The number of carbonyl (C=O) groups is 1. The number of rotatable bonds is 3. The Kier molecular flexibility index (Phi) is 3.22. The summed E-state index contributed by atoms with van der Waals surface area (Å²) in [5, 5.41) is 3.08. The minimum Gasteiger partial charge on any atom is -0.352 e. The highest BCUT2D eigenvalue weighted by Crippen LogP contribution is 2.35. The maximum atomic E-state index is 11.9. The lowest BCUT2D eigenvalue weighted by atomic mass is 9.77. The van der Waals surface area contributed by atoms with Crippen LogP contribution in [0.25, 0.3) is 0 Å². The molecule has 2 aromatic rings. The van der Waals surface area contributed by atoms with Gasteiger partial charge in [-0.3, -0.25) is 14.8 Å². The van der Waals surface area contributed by atoms with Gasteiger partial charge in [0.2, 0.25) is 5.91 Å². The summed E-state index contributed by atoms with van der Waals surface area (Å²) >= 11 is 0. The van der Waals surface area contributed by atoms with E-state index in [2.05, 4.69) is 34.3 Å². The summed E-state index contributed by atoms with van der Waals surface area (Å²) in [5.74, 6) is 0.0825. The first-order valence-corrected chi connectivity index (χ1v) is 6.78. The van der Waals surface area contributed by atoms with Crippen LogP contribution < -0.4 is 5.32 Å². The molecule has 1 aliphatic rings. The molecule has 0 aliphatic carbocycles. The van der Waals surface area contributed by atoms with Gasteiger partial charge in [-0.15, -0.1) is 0 Å². The van der Waals surface area contributed by atoms with Gasteiger partial charge in [-0.25, -0.2) is 0 Å². The van der Waals surface area contributed by atoms with Crippen LogP contribution in [0.15, 0.2) is 48.9 Å².